The van der Waals surface area contributed by atoms with Gasteiger partial charge in [-0.05, 0) is 13.0 Å². The number of halogens is 3. The van der Waals surface area contributed by atoms with Gasteiger partial charge in [0.1, 0.15) is 5.75 Å². The molecule has 2 rings (SSSR count). The minimum Gasteiger partial charge on any atom is -0.493 e. The van der Waals surface area contributed by atoms with E-state index < -0.39 is 23.6 Å². The molecular formula is C15H18F3N3O4. The SMILES string of the molecule is CCOc1cc([N+](=O)[O-])ccc1C(=O)N1CCN(CC(F)(F)F)CC1. The lowest BCUT2D eigenvalue weighted by Gasteiger charge is -2.35. The van der Waals surface area contributed by atoms with Crippen molar-refractivity contribution in [2.24, 2.45) is 0 Å². The van der Waals surface area contributed by atoms with Crippen LogP contribution in [-0.2, 0) is 0 Å². The molecule has 1 saturated heterocycles. The summed E-state index contributed by atoms with van der Waals surface area (Å²) in [6.07, 6.45) is -4.27. The summed E-state index contributed by atoms with van der Waals surface area (Å²) in [7, 11) is 0. The molecule has 1 heterocycles. The number of alkyl halides is 3. The summed E-state index contributed by atoms with van der Waals surface area (Å²) in [5.74, 6) is -0.315. The van der Waals surface area contributed by atoms with Gasteiger partial charge in [0.2, 0.25) is 0 Å². The second-order valence-electron chi connectivity index (χ2n) is 5.55. The highest BCUT2D eigenvalue weighted by Gasteiger charge is 2.33. The molecule has 25 heavy (non-hydrogen) atoms. The molecule has 0 N–H and O–H groups in total. The van der Waals surface area contributed by atoms with Gasteiger partial charge in [0.15, 0.2) is 0 Å². The van der Waals surface area contributed by atoms with Crippen LogP contribution in [0.15, 0.2) is 18.2 Å². The largest absolute Gasteiger partial charge is 0.493 e. The molecule has 0 bridgehead atoms. The van der Waals surface area contributed by atoms with Gasteiger partial charge in [0.25, 0.3) is 11.6 Å². The highest BCUT2D eigenvalue weighted by atomic mass is 19.4. The van der Waals surface area contributed by atoms with E-state index in [1.54, 1.807) is 6.92 Å². The van der Waals surface area contributed by atoms with Gasteiger partial charge in [-0.15, -0.1) is 0 Å². The van der Waals surface area contributed by atoms with Crippen LogP contribution < -0.4 is 4.74 Å². The molecule has 1 aliphatic rings. The molecule has 1 amide bonds. The number of benzene rings is 1. The van der Waals surface area contributed by atoms with Gasteiger partial charge < -0.3 is 9.64 Å². The molecule has 10 heteroatoms. The first-order chi connectivity index (χ1) is 11.7. The maximum atomic E-state index is 12.6. The van der Waals surface area contributed by atoms with Crippen molar-refractivity contribution < 1.29 is 27.6 Å². The predicted molar refractivity (Wildman–Crippen MR) is 82.7 cm³/mol. The Morgan fingerprint density at radius 2 is 1.92 bits per heavy atom. The lowest BCUT2D eigenvalue weighted by molar-refractivity contribution is -0.384. The third-order valence-corrected chi connectivity index (χ3v) is 3.77. The van der Waals surface area contributed by atoms with Crippen molar-refractivity contribution in [3.05, 3.63) is 33.9 Å². The third kappa shape index (κ3) is 5.05. The van der Waals surface area contributed by atoms with Crippen LogP contribution in [0.25, 0.3) is 0 Å². The Hall–Kier alpha value is -2.36. The molecule has 0 saturated carbocycles. The van der Waals surface area contributed by atoms with Crippen LogP contribution in [-0.4, -0.2) is 66.1 Å². The Bertz CT molecular complexity index is 643. The van der Waals surface area contributed by atoms with Gasteiger partial charge in [-0.25, -0.2) is 0 Å². The molecule has 138 valence electrons. The number of carbonyl (C=O) groups excluding carboxylic acids is 1. The van der Waals surface area contributed by atoms with Crippen molar-refractivity contribution >= 4 is 11.6 Å². The fraction of sp³-hybridized carbons (Fsp3) is 0.533. The van der Waals surface area contributed by atoms with Crippen molar-refractivity contribution in [3.63, 3.8) is 0 Å². The van der Waals surface area contributed by atoms with E-state index in [0.717, 1.165) is 0 Å². The Kier molecular flexibility index (Phi) is 5.83. The molecule has 1 aliphatic heterocycles. The fourth-order valence-corrected chi connectivity index (χ4v) is 2.61. The number of nitro benzene ring substituents is 1. The van der Waals surface area contributed by atoms with Gasteiger partial charge in [0.05, 0.1) is 29.7 Å². The Morgan fingerprint density at radius 1 is 1.28 bits per heavy atom. The number of amides is 1. The maximum Gasteiger partial charge on any atom is 0.401 e. The highest BCUT2D eigenvalue weighted by Crippen LogP contribution is 2.27. The van der Waals surface area contributed by atoms with E-state index in [2.05, 4.69) is 0 Å². The van der Waals surface area contributed by atoms with E-state index in [9.17, 15) is 28.1 Å². The lowest BCUT2D eigenvalue weighted by Crippen LogP contribution is -2.50. The van der Waals surface area contributed by atoms with Crippen molar-refractivity contribution in [1.29, 1.82) is 0 Å². The monoisotopic (exact) mass is 361 g/mol. The number of piperazine rings is 1. The molecule has 1 aromatic carbocycles. The van der Waals surface area contributed by atoms with Gasteiger partial charge in [-0.1, -0.05) is 0 Å². The summed E-state index contributed by atoms with van der Waals surface area (Å²) >= 11 is 0. The van der Waals surface area contributed by atoms with Crippen LogP contribution in [0.5, 0.6) is 5.75 Å². The van der Waals surface area contributed by atoms with E-state index >= 15 is 0 Å². The van der Waals surface area contributed by atoms with Crippen molar-refractivity contribution in [1.82, 2.24) is 9.80 Å². The summed E-state index contributed by atoms with van der Waals surface area (Å²) in [6.45, 7) is 1.43. The zero-order chi connectivity index (χ0) is 18.6. The van der Waals surface area contributed by atoms with Gasteiger partial charge in [-0.2, -0.15) is 13.2 Å². The third-order valence-electron chi connectivity index (χ3n) is 3.77. The molecule has 0 aliphatic carbocycles. The number of nitro groups is 1. The van der Waals surface area contributed by atoms with Gasteiger partial charge in [-0.3, -0.25) is 19.8 Å². The molecule has 0 spiro atoms. The van der Waals surface area contributed by atoms with E-state index in [-0.39, 0.29) is 49.8 Å². The fourth-order valence-electron chi connectivity index (χ4n) is 2.61. The normalized spacial score (nSPS) is 15.9. The van der Waals surface area contributed by atoms with Gasteiger partial charge in [0, 0.05) is 32.2 Å². The quantitative estimate of drug-likeness (QED) is 0.594. The maximum absolute atomic E-state index is 12.6. The average Bonchev–Trinajstić information content (AvgIpc) is 2.53. The molecule has 0 radical (unpaired) electrons. The van der Waals surface area contributed by atoms with E-state index in [0.29, 0.717) is 0 Å². The molecule has 1 aromatic rings. The number of ether oxygens (including phenoxy) is 1. The van der Waals surface area contributed by atoms with Gasteiger partial charge >= 0.3 is 6.18 Å². The standard InChI is InChI=1S/C15H18F3N3O4/c1-2-25-13-9-11(21(23)24)3-4-12(13)14(22)20-7-5-19(6-8-20)10-15(16,17)18/h3-4,9H,2,5-8,10H2,1H3. The summed E-state index contributed by atoms with van der Waals surface area (Å²) in [4.78, 5) is 25.5. The van der Waals surface area contributed by atoms with Crippen LogP contribution >= 0.6 is 0 Å². The molecular weight excluding hydrogens is 343 g/mol. The molecule has 0 unspecified atom stereocenters. The number of rotatable bonds is 5. The smallest absolute Gasteiger partial charge is 0.401 e. The molecule has 0 atom stereocenters. The van der Waals surface area contributed by atoms with Crippen molar-refractivity contribution in [2.45, 2.75) is 13.1 Å². The number of hydrogen-bond acceptors (Lipinski definition) is 5. The van der Waals surface area contributed by atoms with Crippen LogP contribution in [0.3, 0.4) is 0 Å². The first-order valence-electron chi connectivity index (χ1n) is 7.71. The second kappa shape index (κ2) is 7.68. The van der Waals surface area contributed by atoms with Crippen LogP contribution in [0.1, 0.15) is 17.3 Å². The number of carbonyl (C=O) groups is 1. The van der Waals surface area contributed by atoms with E-state index in [1.165, 1.54) is 28.0 Å². The molecule has 0 aromatic heterocycles. The summed E-state index contributed by atoms with van der Waals surface area (Å²) in [5, 5.41) is 10.8. The minimum absolute atomic E-state index is 0.0967. The summed E-state index contributed by atoms with van der Waals surface area (Å²) in [5.41, 5.74) is -0.0354. The second-order valence-corrected chi connectivity index (χ2v) is 5.55. The Morgan fingerprint density at radius 3 is 2.44 bits per heavy atom. The zero-order valence-corrected chi connectivity index (χ0v) is 13.6. The zero-order valence-electron chi connectivity index (χ0n) is 13.6. The number of non-ortho nitro benzene ring substituents is 1. The van der Waals surface area contributed by atoms with Crippen LogP contribution in [0, 0.1) is 10.1 Å². The Balaban J connectivity index is 2.09. The van der Waals surface area contributed by atoms with E-state index in [4.69, 9.17) is 4.74 Å². The number of nitrogens with zero attached hydrogens (tertiary/aromatic N) is 3. The predicted octanol–water partition coefficient (Wildman–Crippen LogP) is 2.31. The van der Waals surface area contributed by atoms with Crippen molar-refractivity contribution in [2.75, 3.05) is 39.3 Å². The minimum atomic E-state index is -4.27. The van der Waals surface area contributed by atoms with Crippen LogP contribution in [0.4, 0.5) is 18.9 Å². The highest BCUT2D eigenvalue weighted by molar-refractivity contribution is 5.97. The molecule has 1 fully saturated rings. The average molecular weight is 361 g/mol. The summed E-state index contributed by atoms with van der Waals surface area (Å²) < 4.78 is 42.5. The van der Waals surface area contributed by atoms with Crippen LogP contribution in [0.2, 0.25) is 0 Å². The van der Waals surface area contributed by atoms with E-state index in [1.807, 2.05) is 0 Å². The summed E-state index contributed by atoms with van der Waals surface area (Å²) in [6, 6.07) is 3.69. The Labute approximate surface area is 142 Å². The first kappa shape index (κ1) is 19.0. The topological polar surface area (TPSA) is 75.9 Å². The molecule has 7 nitrogen and oxygen atoms in total. The first-order valence-corrected chi connectivity index (χ1v) is 7.71. The number of hydrogen-bond donors (Lipinski definition) is 0. The lowest BCUT2D eigenvalue weighted by atomic mass is 10.1. The van der Waals surface area contributed by atoms with Crippen molar-refractivity contribution in [3.8, 4) is 5.75 Å².